The summed E-state index contributed by atoms with van der Waals surface area (Å²) in [5.41, 5.74) is 3.26. The van der Waals surface area contributed by atoms with E-state index in [1.54, 1.807) is 6.07 Å². The van der Waals surface area contributed by atoms with Crippen LogP contribution in [-0.4, -0.2) is 28.9 Å². The Morgan fingerprint density at radius 3 is 2.30 bits per heavy atom. The summed E-state index contributed by atoms with van der Waals surface area (Å²) in [5.74, 6) is 0.917. The van der Waals surface area contributed by atoms with Crippen LogP contribution in [0.25, 0.3) is 5.69 Å². The summed E-state index contributed by atoms with van der Waals surface area (Å²) < 4.78 is 13.0. The largest absolute Gasteiger partial charge is 0.490 e. The van der Waals surface area contributed by atoms with E-state index in [4.69, 9.17) is 9.47 Å². The number of anilines is 1. The lowest BCUT2D eigenvalue weighted by Crippen LogP contribution is -2.21. The van der Waals surface area contributed by atoms with Crippen molar-refractivity contribution in [3.8, 4) is 17.2 Å². The third kappa shape index (κ3) is 4.28. The number of hydrogen-bond acceptors (Lipinski definition) is 4. The molecule has 6 nitrogen and oxygen atoms in total. The number of hydrogen-bond donors (Lipinski definition) is 1. The molecule has 0 atom stereocenters. The van der Waals surface area contributed by atoms with Crippen molar-refractivity contribution in [2.75, 3.05) is 18.5 Å². The Labute approximate surface area is 158 Å². The lowest BCUT2D eigenvalue weighted by Gasteiger charge is -2.12. The van der Waals surface area contributed by atoms with Gasteiger partial charge in [-0.3, -0.25) is 4.79 Å². The Morgan fingerprint density at radius 2 is 1.63 bits per heavy atom. The van der Waals surface area contributed by atoms with Crippen molar-refractivity contribution in [1.82, 2.24) is 9.78 Å². The molecule has 3 aromatic rings. The zero-order valence-electron chi connectivity index (χ0n) is 15.7. The van der Waals surface area contributed by atoms with Crippen LogP contribution in [0.1, 0.15) is 18.3 Å². The Bertz CT molecular complexity index is 920. The number of aromatic nitrogens is 2. The maximum Gasteiger partial charge on any atom is 0.262 e. The number of aryl methyl sites for hydroxylation is 1. The number of ether oxygens (including phenoxy) is 2. The molecule has 0 aliphatic carbocycles. The van der Waals surface area contributed by atoms with Gasteiger partial charge in [-0.05, 0) is 45.0 Å². The fourth-order valence-corrected chi connectivity index (χ4v) is 2.81. The van der Waals surface area contributed by atoms with E-state index in [0.29, 0.717) is 23.8 Å². The van der Waals surface area contributed by atoms with Gasteiger partial charge in [-0.25, -0.2) is 4.68 Å². The quantitative estimate of drug-likeness (QED) is 0.689. The average molecular weight is 365 g/mol. The third-order valence-electron chi connectivity index (χ3n) is 4.06. The summed E-state index contributed by atoms with van der Waals surface area (Å²) in [6, 6.07) is 17.1. The van der Waals surface area contributed by atoms with Gasteiger partial charge in [0.15, 0.2) is 18.1 Å². The number of benzene rings is 2. The summed E-state index contributed by atoms with van der Waals surface area (Å²) in [5, 5.41) is 7.43. The molecular formula is C21H23N3O3. The van der Waals surface area contributed by atoms with Crippen LogP contribution < -0.4 is 14.8 Å². The molecule has 0 saturated heterocycles. The van der Waals surface area contributed by atoms with Crippen LogP contribution in [0.4, 0.5) is 5.69 Å². The van der Waals surface area contributed by atoms with Crippen molar-refractivity contribution in [2.24, 2.45) is 0 Å². The van der Waals surface area contributed by atoms with Gasteiger partial charge in [-0.15, -0.1) is 0 Å². The molecule has 1 amide bonds. The number of rotatable bonds is 7. The summed E-state index contributed by atoms with van der Waals surface area (Å²) in [6.07, 6.45) is 0. The summed E-state index contributed by atoms with van der Waals surface area (Å²) in [7, 11) is 0. The lowest BCUT2D eigenvalue weighted by molar-refractivity contribution is -0.118. The van der Waals surface area contributed by atoms with E-state index in [1.807, 2.05) is 74.0 Å². The molecule has 0 bridgehead atoms. The highest BCUT2D eigenvalue weighted by molar-refractivity contribution is 5.93. The summed E-state index contributed by atoms with van der Waals surface area (Å²) in [4.78, 5) is 12.4. The van der Waals surface area contributed by atoms with Crippen molar-refractivity contribution in [2.45, 2.75) is 20.8 Å². The van der Waals surface area contributed by atoms with E-state index in [-0.39, 0.29) is 12.5 Å². The monoisotopic (exact) mass is 365 g/mol. The first-order valence-corrected chi connectivity index (χ1v) is 8.86. The fraction of sp³-hybridized carbons (Fsp3) is 0.238. The van der Waals surface area contributed by atoms with Crippen LogP contribution in [-0.2, 0) is 4.79 Å². The molecule has 0 spiro atoms. The van der Waals surface area contributed by atoms with Crippen LogP contribution in [0.5, 0.6) is 11.5 Å². The molecule has 27 heavy (non-hydrogen) atoms. The van der Waals surface area contributed by atoms with Crippen LogP contribution in [0.2, 0.25) is 0 Å². The Balaban J connectivity index is 1.69. The summed E-state index contributed by atoms with van der Waals surface area (Å²) in [6.45, 7) is 6.11. The summed E-state index contributed by atoms with van der Waals surface area (Å²) >= 11 is 0. The van der Waals surface area contributed by atoms with Crippen molar-refractivity contribution < 1.29 is 14.3 Å². The van der Waals surface area contributed by atoms with Crippen molar-refractivity contribution in [3.63, 3.8) is 0 Å². The van der Waals surface area contributed by atoms with Gasteiger partial charge in [0.05, 0.1) is 29.4 Å². The number of nitrogens with zero attached hydrogens (tertiary/aromatic N) is 2. The molecular weight excluding hydrogens is 342 g/mol. The third-order valence-corrected chi connectivity index (χ3v) is 4.06. The number of amides is 1. The minimum atomic E-state index is -0.250. The molecule has 140 valence electrons. The standard InChI is InChI=1S/C21H23N3O3/c1-4-26-18-12-8-9-13-19(18)27-14-20(25)22-21-15(2)23-24(16(21)3)17-10-6-5-7-11-17/h5-13H,4,14H2,1-3H3,(H,22,25). The maximum absolute atomic E-state index is 12.4. The normalized spacial score (nSPS) is 10.5. The van der Waals surface area contributed by atoms with Crippen molar-refractivity contribution >= 4 is 11.6 Å². The van der Waals surface area contributed by atoms with Crippen molar-refractivity contribution in [3.05, 3.63) is 66.0 Å². The molecule has 6 heteroatoms. The second-order valence-corrected chi connectivity index (χ2v) is 6.01. The van der Waals surface area contributed by atoms with E-state index in [2.05, 4.69) is 10.4 Å². The lowest BCUT2D eigenvalue weighted by atomic mass is 10.3. The van der Waals surface area contributed by atoms with Crippen LogP contribution in [0, 0.1) is 13.8 Å². The van der Waals surface area contributed by atoms with Gasteiger partial charge in [-0.2, -0.15) is 5.10 Å². The number of carbonyl (C=O) groups is 1. The van der Waals surface area contributed by atoms with Crippen LogP contribution >= 0.6 is 0 Å². The highest BCUT2D eigenvalue weighted by Gasteiger charge is 2.16. The Kier molecular flexibility index (Phi) is 5.76. The molecule has 1 aromatic heterocycles. The molecule has 0 aliphatic rings. The van der Waals surface area contributed by atoms with Gasteiger partial charge in [0.1, 0.15) is 0 Å². The molecule has 2 aromatic carbocycles. The van der Waals surface area contributed by atoms with E-state index < -0.39 is 0 Å². The number of para-hydroxylation sites is 3. The molecule has 0 saturated carbocycles. The zero-order valence-corrected chi connectivity index (χ0v) is 15.7. The fourth-order valence-electron chi connectivity index (χ4n) is 2.81. The highest BCUT2D eigenvalue weighted by Crippen LogP contribution is 2.27. The minimum absolute atomic E-state index is 0.112. The second kappa shape index (κ2) is 8.40. The molecule has 1 heterocycles. The minimum Gasteiger partial charge on any atom is -0.490 e. The predicted octanol–water partition coefficient (Wildman–Crippen LogP) is 3.91. The molecule has 0 fully saturated rings. The maximum atomic E-state index is 12.4. The Morgan fingerprint density at radius 1 is 1.00 bits per heavy atom. The number of nitrogens with one attached hydrogen (secondary N) is 1. The SMILES string of the molecule is CCOc1ccccc1OCC(=O)Nc1c(C)nn(-c2ccccc2)c1C. The van der Waals surface area contributed by atoms with Crippen molar-refractivity contribution in [1.29, 1.82) is 0 Å². The van der Waals surface area contributed by atoms with Gasteiger partial charge in [0, 0.05) is 0 Å². The second-order valence-electron chi connectivity index (χ2n) is 6.01. The van der Waals surface area contributed by atoms with Gasteiger partial charge in [-0.1, -0.05) is 30.3 Å². The number of carbonyl (C=O) groups excluding carboxylic acids is 1. The van der Waals surface area contributed by atoms with E-state index >= 15 is 0 Å². The van der Waals surface area contributed by atoms with Gasteiger partial charge in [0.2, 0.25) is 0 Å². The average Bonchev–Trinajstić information content (AvgIpc) is 2.96. The topological polar surface area (TPSA) is 65.4 Å². The van der Waals surface area contributed by atoms with E-state index in [1.165, 1.54) is 0 Å². The van der Waals surface area contributed by atoms with Gasteiger partial charge in [0.25, 0.3) is 5.91 Å². The van der Waals surface area contributed by atoms with Gasteiger partial charge < -0.3 is 14.8 Å². The smallest absolute Gasteiger partial charge is 0.262 e. The first kappa shape index (κ1) is 18.5. The predicted molar refractivity (Wildman–Crippen MR) is 105 cm³/mol. The van der Waals surface area contributed by atoms with Crippen LogP contribution in [0.15, 0.2) is 54.6 Å². The molecule has 1 N–H and O–H groups in total. The molecule has 0 radical (unpaired) electrons. The van der Waals surface area contributed by atoms with E-state index in [9.17, 15) is 4.79 Å². The molecule has 3 rings (SSSR count). The van der Waals surface area contributed by atoms with Gasteiger partial charge >= 0.3 is 0 Å². The first-order valence-electron chi connectivity index (χ1n) is 8.86. The Hall–Kier alpha value is -3.28. The highest BCUT2D eigenvalue weighted by atomic mass is 16.5. The van der Waals surface area contributed by atoms with E-state index in [0.717, 1.165) is 17.1 Å². The van der Waals surface area contributed by atoms with Crippen LogP contribution in [0.3, 0.4) is 0 Å². The zero-order chi connectivity index (χ0) is 19.2. The molecule has 0 unspecified atom stereocenters. The first-order chi connectivity index (χ1) is 13.1. The molecule has 0 aliphatic heterocycles.